The van der Waals surface area contributed by atoms with Gasteiger partial charge in [-0.1, -0.05) is 0 Å². The summed E-state index contributed by atoms with van der Waals surface area (Å²) in [5.41, 5.74) is 7.94. The van der Waals surface area contributed by atoms with Crippen LogP contribution >= 0.6 is 0 Å². The monoisotopic (exact) mass is 566 g/mol. The summed E-state index contributed by atoms with van der Waals surface area (Å²) in [6, 6.07) is 3.29. The van der Waals surface area contributed by atoms with Crippen molar-refractivity contribution in [3.8, 4) is 23.0 Å². The van der Waals surface area contributed by atoms with Gasteiger partial charge in [0.25, 0.3) is 5.91 Å². The average Bonchev–Trinajstić information content (AvgIpc) is 3.67. The number of carbonyl (C=O) groups excluding carboxylic acids is 1. The molecule has 2 saturated heterocycles. The van der Waals surface area contributed by atoms with E-state index >= 15 is 0 Å². The van der Waals surface area contributed by atoms with Gasteiger partial charge in [-0.25, -0.2) is 9.97 Å². The predicted molar refractivity (Wildman–Crippen MR) is 152 cm³/mol. The summed E-state index contributed by atoms with van der Waals surface area (Å²) in [4.78, 5) is 32.6. The van der Waals surface area contributed by atoms with Crippen LogP contribution in [0.25, 0.3) is 11.3 Å². The van der Waals surface area contributed by atoms with Crippen LogP contribution < -0.4 is 25.4 Å². The number of aliphatic hydroxyl groups is 1. The highest BCUT2D eigenvalue weighted by atomic mass is 16.5. The first-order valence-corrected chi connectivity index (χ1v) is 14.0. The Labute approximate surface area is 239 Å². The molecule has 5 rings (SSSR count). The highest BCUT2D eigenvalue weighted by Crippen LogP contribution is 2.29. The molecule has 220 valence electrons. The van der Waals surface area contributed by atoms with Crippen molar-refractivity contribution in [2.24, 2.45) is 13.0 Å². The fourth-order valence-corrected chi connectivity index (χ4v) is 4.85. The third-order valence-electron chi connectivity index (χ3n) is 7.29. The lowest BCUT2D eigenvalue weighted by molar-refractivity contribution is 0.0643. The van der Waals surface area contributed by atoms with Gasteiger partial charge in [0, 0.05) is 56.8 Å². The van der Waals surface area contributed by atoms with Crippen LogP contribution in [0.15, 0.2) is 30.9 Å². The lowest BCUT2D eigenvalue weighted by atomic mass is 9.98. The van der Waals surface area contributed by atoms with Crippen LogP contribution in [0.3, 0.4) is 0 Å². The first-order valence-electron chi connectivity index (χ1n) is 14.0. The second kappa shape index (κ2) is 13.1. The number of aliphatic hydroxyl groups excluding tert-OH is 1. The molecule has 3 aromatic heterocycles. The second-order valence-electron chi connectivity index (χ2n) is 10.7. The Kier molecular flexibility index (Phi) is 9.14. The van der Waals surface area contributed by atoms with Gasteiger partial charge in [0.2, 0.25) is 0 Å². The largest absolute Gasteiger partial charge is 0.489 e. The Morgan fingerprint density at radius 2 is 2.02 bits per heavy atom. The van der Waals surface area contributed by atoms with E-state index in [9.17, 15) is 9.90 Å². The second-order valence-corrected chi connectivity index (χ2v) is 10.7. The van der Waals surface area contributed by atoms with Gasteiger partial charge in [-0.15, -0.1) is 0 Å². The summed E-state index contributed by atoms with van der Waals surface area (Å²) in [5, 5.41) is 12.1. The molecule has 0 radical (unpaired) electrons. The predicted octanol–water partition coefficient (Wildman–Crippen LogP) is 1.82. The Morgan fingerprint density at radius 3 is 2.73 bits per heavy atom. The number of piperidine rings is 1. The molecule has 13 nitrogen and oxygen atoms in total. The number of pyridine rings is 1. The van der Waals surface area contributed by atoms with E-state index in [1.54, 1.807) is 25.5 Å². The van der Waals surface area contributed by atoms with E-state index in [1.807, 2.05) is 23.9 Å². The zero-order valence-electron chi connectivity index (χ0n) is 23.5. The molecule has 2 atom stereocenters. The molecule has 0 aliphatic carbocycles. The fraction of sp³-hybridized carbons (Fsp3) is 0.536. The number of aryl methyl sites for hydroxylation is 1. The molecule has 13 heteroatoms. The molecule has 5 heterocycles. The van der Waals surface area contributed by atoms with Gasteiger partial charge >= 0.3 is 6.01 Å². The summed E-state index contributed by atoms with van der Waals surface area (Å²) in [5.74, 6) is 1.45. The van der Waals surface area contributed by atoms with E-state index in [4.69, 9.17) is 19.9 Å². The maximum absolute atomic E-state index is 12.8. The molecule has 2 aliphatic rings. The van der Waals surface area contributed by atoms with Crippen LogP contribution in [0, 0.1) is 5.92 Å². The zero-order valence-corrected chi connectivity index (χ0v) is 23.5. The number of amides is 1. The SMILES string of the molecule is C[C@H](CO)NC(=O)c1cc(N2CCC(COc3cc(-c4cn(C)cn4)cnc3N)CC2)nc(OC[C@H]2CCCO2)n1. The van der Waals surface area contributed by atoms with Crippen LogP contribution in [0.2, 0.25) is 0 Å². The maximum Gasteiger partial charge on any atom is 0.319 e. The fourth-order valence-electron chi connectivity index (χ4n) is 4.85. The van der Waals surface area contributed by atoms with E-state index in [2.05, 4.69) is 30.2 Å². The Bertz CT molecular complexity index is 1320. The summed E-state index contributed by atoms with van der Waals surface area (Å²) in [7, 11) is 1.92. The van der Waals surface area contributed by atoms with Crippen molar-refractivity contribution in [1.29, 1.82) is 0 Å². The topological polar surface area (TPSA) is 163 Å². The van der Waals surface area contributed by atoms with Crippen molar-refractivity contribution < 1.29 is 24.1 Å². The summed E-state index contributed by atoms with van der Waals surface area (Å²) in [6.45, 7) is 4.57. The molecule has 41 heavy (non-hydrogen) atoms. The van der Waals surface area contributed by atoms with Crippen molar-refractivity contribution in [1.82, 2.24) is 29.8 Å². The van der Waals surface area contributed by atoms with Crippen molar-refractivity contribution >= 4 is 17.5 Å². The Morgan fingerprint density at radius 1 is 1.20 bits per heavy atom. The number of imidazole rings is 1. The number of anilines is 2. The van der Waals surface area contributed by atoms with Crippen molar-refractivity contribution in [2.45, 2.75) is 44.8 Å². The van der Waals surface area contributed by atoms with Crippen LogP contribution in [0.4, 0.5) is 11.6 Å². The number of hydrogen-bond acceptors (Lipinski definition) is 11. The molecule has 0 bridgehead atoms. The van der Waals surface area contributed by atoms with Crippen LogP contribution in [0.1, 0.15) is 43.1 Å². The minimum atomic E-state index is -0.401. The Balaban J connectivity index is 1.21. The van der Waals surface area contributed by atoms with E-state index in [1.165, 1.54) is 0 Å². The van der Waals surface area contributed by atoms with Crippen molar-refractivity contribution in [3.05, 3.63) is 36.5 Å². The molecule has 0 unspecified atom stereocenters. The number of nitrogens with one attached hydrogen (secondary N) is 1. The highest BCUT2D eigenvalue weighted by Gasteiger charge is 2.25. The van der Waals surface area contributed by atoms with Gasteiger partial charge in [-0.3, -0.25) is 4.79 Å². The lowest BCUT2D eigenvalue weighted by Crippen LogP contribution is -2.37. The van der Waals surface area contributed by atoms with Gasteiger partial charge < -0.3 is 39.8 Å². The van der Waals surface area contributed by atoms with E-state index in [0.717, 1.165) is 56.6 Å². The Hall–Kier alpha value is -3.97. The van der Waals surface area contributed by atoms with Crippen LogP contribution in [-0.4, -0.2) is 87.2 Å². The molecule has 0 spiro atoms. The summed E-state index contributed by atoms with van der Waals surface area (Å²) < 4.78 is 19.5. The first-order chi connectivity index (χ1) is 19.9. The standard InChI is InChI=1S/C28H38N8O5/c1-18(14-37)32-27(38)22-11-25(34-28(33-22)41-16-21-4-3-9-39-21)36-7-5-19(6-8-36)15-40-24-10-20(12-30-26(24)29)23-13-35(2)17-31-23/h10-13,17-19,21,37H,3-9,14-16H2,1-2H3,(H2,29,30)(H,32,38)/t18-,21-/m1/s1. The molecule has 2 aliphatic heterocycles. The van der Waals surface area contributed by atoms with Gasteiger partial charge in [0.1, 0.15) is 18.1 Å². The number of ether oxygens (including phenoxy) is 3. The summed E-state index contributed by atoms with van der Waals surface area (Å²) in [6.07, 6.45) is 9.01. The minimum Gasteiger partial charge on any atom is -0.489 e. The third kappa shape index (κ3) is 7.41. The number of carbonyl (C=O) groups is 1. The molecular formula is C28H38N8O5. The van der Waals surface area contributed by atoms with E-state index in [0.29, 0.717) is 36.5 Å². The van der Waals surface area contributed by atoms with Crippen LogP contribution in [0.5, 0.6) is 11.8 Å². The number of hydrogen-bond donors (Lipinski definition) is 3. The number of nitrogens with two attached hydrogens (primary N) is 1. The third-order valence-corrected chi connectivity index (χ3v) is 7.29. The summed E-state index contributed by atoms with van der Waals surface area (Å²) >= 11 is 0. The first kappa shape index (κ1) is 28.6. The molecule has 0 aromatic carbocycles. The van der Waals surface area contributed by atoms with E-state index < -0.39 is 6.04 Å². The van der Waals surface area contributed by atoms with E-state index in [-0.39, 0.29) is 30.3 Å². The van der Waals surface area contributed by atoms with Gasteiger partial charge in [-0.2, -0.15) is 9.97 Å². The molecular weight excluding hydrogens is 528 g/mol. The average molecular weight is 567 g/mol. The molecule has 3 aromatic rings. The quantitative estimate of drug-likeness (QED) is 0.310. The smallest absolute Gasteiger partial charge is 0.319 e. The maximum atomic E-state index is 12.8. The van der Waals surface area contributed by atoms with Gasteiger partial charge in [-0.05, 0) is 44.6 Å². The van der Waals surface area contributed by atoms with Gasteiger partial charge in [0.15, 0.2) is 11.6 Å². The number of aromatic nitrogens is 5. The van der Waals surface area contributed by atoms with Crippen molar-refractivity contribution in [2.75, 3.05) is 50.2 Å². The molecule has 0 saturated carbocycles. The molecule has 1 amide bonds. The number of rotatable bonds is 11. The highest BCUT2D eigenvalue weighted by molar-refractivity contribution is 5.93. The minimum absolute atomic E-state index is 0.00132. The number of nitrogens with zero attached hydrogens (tertiary/aromatic N) is 6. The van der Waals surface area contributed by atoms with Crippen molar-refractivity contribution in [3.63, 3.8) is 0 Å². The normalized spacial score (nSPS) is 18.3. The molecule has 4 N–H and O–H groups in total. The zero-order chi connectivity index (χ0) is 28.8. The lowest BCUT2D eigenvalue weighted by Gasteiger charge is -2.33. The molecule has 2 fully saturated rings. The number of nitrogen functional groups attached to an aromatic ring is 1. The van der Waals surface area contributed by atoms with Gasteiger partial charge in [0.05, 0.1) is 31.3 Å². The van der Waals surface area contributed by atoms with Crippen LogP contribution in [-0.2, 0) is 11.8 Å².